The molecule has 0 fully saturated rings. The lowest BCUT2D eigenvalue weighted by Crippen LogP contribution is -2.11. The fourth-order valence-corrected chi connectivity index (χ4v) is 1.46. The fourth-order valence-electron chi connectivity index (χ4n) is 1.30. The van der Waals surface area contributed by atoms with Gasteiger partial charge in [-0.25, -0.2) is 9.37 Å². The van der Waals surface area contributed by atoms with E-state index in [1.807, 2.05) is 0 Å². The molecule has 2 N–H and O–H groups in total. The predicted octanol–water partition coefficient (Wildman–Crippen LogP) is 2.65. The number of nitrogens with zero attached hydrogens (tertiary/aromatic N) is 1. The smallest absolute Gasteiger partial charge is 0.229 e. The SMILES string of the molecule is NC(=S)c1cccnc1Oc1cccc(F)c1. The number of pyridine rings is 1. The van der Waals surface area contributed by atoms with Crippen LogP contribution in [0.2, 0.25) is 0 Å². The maximum absolute atomic E-state index is 13.0. The molecule has 86 valence electrons. The molecule has 1 heterocycles. The zero-order valence-corrected chi connectivity index (χ0v) is 9.58. The lowest BCUT2D eigenvalue weighted by molar-refractivity contribution is 0.457. The molecule has 0 radical (unpaired) electrons. The minimum absolute atomic E-state index is 0.185. The summed E-state index contributed by atoms with van der Waals surface area (Å²) in [6, 6.07) is 9.17. The number of halogens is 1. The molecule has 0 saturated heterocycles. The summed E-state index contributed by atoms with van der Waals surface area (Å²) in [7, 11) is 0. The van der Waals surface area contributed by atoms with Gasteiger partial charge < -0.3 is 10.5 Å². The van der Waals surface area contributed by atoms with E-state index < -0.39 is 0 Å². The van der Waals surface area contributed by atoms with Gasteiger partial charge in [0, 0.05) is 12.3 Å². The first-order valence-electron chi connectivity index (χ1n) is 4.85. The second-order valence-electron chi connectivity index (χ2n) is 3.28. The fraction of sp³-hybridized carbons (Fsp3) is 0. The van der Waals surface area contributed by atoms with Gasteiger partial charge in [-0.1, -0.05) is 18.3 Å². The van der Waals surface area contributed by atoms with Crippen LogP contribution in [-0.2, 0) is 0 Å². The number of aromatic nitrogens is 1. The van der Waals surface area contributed by atoms with E-state index in [1.54, 1.807) is 30.5 Å². The van der Waals surface area contributed by atoms with Crippen LogP contribution in [0.5, 0.6) is 11.6 Å². The van der Waals surface area contributed by atoms with Gasteiger partial charge in [0.05, 0.1) is 5.56 Å². The van der Waals surface area contributed by atoms with Crippen molar-refractivity contribution >= 4 is 17.2 Å². The van der Waals surface area contributed by atoms with Gasteiger partial charge in [0.25, 0.3) is 0 Å². The van der Waals surface area contributed by atoms with Gasteiger partial charge in [0.2, 0.25) is 5.88 Å². The van der Waals surface area contributed by atoms with Crippen molar-refractivity contribution in [2.75, 3.05) is 0 Å². The molecule has 17 heavy (non-hydrogen) atoms. The average molecular weight is 248 g/mol. The summed E-state index contributed by atoms with van der Waals surface area (Å²) < 4.78 is 18.4. The third kappa shape index (κ3) is 2.76. The highest BCUT2D eigenvalue weighted by atomic mass is 32.1. The number of hydrogen-bond donors (Lipinski definition) is 1. The van der Waals surface area contributed by atoms with Crippen LogP contribution in [0.15, 0.2) is 42.6 Å². The van der Waals surface area contributed by atoms with E-state index in [2.05, 4.69) is 4.98 Å². The highest BCUT2D eigenvalue weighted by Crippen LogP contribution is 2.23. The molecule has 0 spiro atoms. The van der Waals surface area contributed by atoms with E-state index in [1.165, 1.54) is 12.1 Å². The summed E-state index contributed by atoms with van der Waals surface area (Å²) in [6.07, 6.45) is 1.55. The zero-order valence-electron chi connectivity index (χ0n) is 8.76. The highest BCUT2D eigenvalue weighted by Gasteiger charge is 2.08. The van der Waals surface area contributed by atoms with E-state index in [0.29, 0.717) is 11.3 Å². The molecule has 0 atom stereocenters. The van der Waals surface area contributed by atoms with E-state index >= 15 is 0 Å². The Balaban J connectivity index is 2.33. The Bertz CT molecular complexity index is 560. The normalized spacial score (nSPS) is 9.94. The van der Waals surface area contributed by atoms with Crippen LogP contribution in [-0.4, -0.2) is 9.97 Å². The summed E-state index contributed by atoms with van der Waals surface area (Å²) in [5.41, 5.74) is 6.06. The Kier molecular flexibility index (Phi) is 3.30. The molecule has 0 unspecified atom stereocenters. The van der Waals surface area contributed by atoms with Gasteiger partial charge in [0.1, 0.15) is 16.6 Å². The summed E-state index contributed by atoms with van der Waals surface area (Å²) in [4.78, 5) is 4.20. The number of rotatable bonds is 3. The number of nitrogens with two attached hydrogens (primary N) is 1. The largest absolute Gasteiger partial charge is 0.438 e. The summed E-state index contributed by atoms with van der Waals surface area (Å²) in [5, 5.41) is 0. The maximum atomic E-state index is 13.0. The molecule has 0 aliphatic rings. The third-order valence-corrected chi connectivity index (χ3v) is 2.27. The van der Waals surface area contributed by atoms with Crippen molar-refractivity contribution in [3.05, 3.63) is 54.0 Å². The minimum Gasteiger partial charge on any atom is -0.438 e. The molecule has 0 aliphatic heterocycles. The van der Waals surface area contributed by atoms with Crippen molar-refractivity contribution in [3.63, 3.8) is 0 Å². The van der Waals surface area contributed by atoms with E-state index in [4.69, 9.17) is 22.7 Å². The van der Waals surface area contributed by atoms with Crippen LogP contribution in [0.1, 0.15) is 5.56 Å². The van der Waals surface area contributed by atoms with Crippen LogP contribution >= 0.6 is 12.2 Å². The predicted molar refractivity (Wildman–Crippen MR) is 66.6 cm³/mol. The van der Waals surface area contributed by atoms with Crippen molar-refractivity contribution in [2.45, 2.75) is 0 Å². The molecule has 0 amide bonds. The summed E-state index contributed by atoms with van der Waals surface area (Å²) in [5.74, 6) is 0.238. The number of hydrogen-bond acceptors (Lipinski definition) is 3. The zero-order chi connectivity index (χ0) is 12.3. The van der Waals surface area contributed by atoms with Crippen LogP contribution in [0.3, 0.4) is 0 Å². The molecular formula is C12H9FN2OS. The first kappa shape index (κ1) is 11.5. The summed E-state index contributed by atoms with van der Waals surface area (Å²) >= 11 is 4.88. The standard InChI is InChI=1S/C12H9FN2OS/c13-8-3-1-4-9(7-8)16-12-10(11(14)17)5-2-6-15-12/h1-7H,(H2,14,17). The molecule has 0 saturated carbocycles. The van der Waals surface area contributed by atoms with Gasteiger partial charge in [0.15, 0.2) is 0 Å². The van der Waals surface area contributed by atoms with Crippen LogP contribution in [0.25, 0.3) is 0 Å². The van der Waals surface area contributed by atoms with E-state index in [-0.39, 0.29) is 16.7 Å². The quantitative estimate of drug-likeness (QED) is 0.848. The molecule has 0 bridgehead atoms. The van der Waals surface area contributed by atoms with Crippen molar-refractivity contribution in [1.82, 2.24) is 4.98 Å². The molecule has 2 rings (SSSR count). The lowest BCUT2D eigenvalue weighted by atomic mass is 10.2. The minimum atomic E-state index is -0.379. The van der Waals surface area contributed by atoms with E-state index in [9.17, 15) is 4.39 Å². The number of benzene rings is 1. The van der Waals surface area contributed by atoms with Gasteiger partial charge in [-0.3, -0.25) is 0 Å². The molecule has 3 nitrogen and oxygen atoms in total. The first-order chi connectivity index (χ1) is 8.16. The van der Waals surface area contributed by atoms with E-state index in [0.717, 1.165) is 0 Å². The van der Waals surface area contributed by atoms with Crippen molar-refractivity contribution in [3.8, 4) is 11.6 Å². The second-order valence-corrected chi connectivity index (χ2v) is 3.72. The molecule has 1 aromatic heterocycles. The van der Waals surface area contributed by atoms with Crippen molar-refractivity contribution in [2.24, 2.45) is 5.73 Å². The van der Waals surface area contributed by atoms with Gasteiger partial charge >= 0.3 is 0 Å². The average Bonchev–Trinajstić information content (AvgIpc) is 2.29. The lowest BCUT2D eigenvalue weighted by Gasteiger charge is -2.08. The molecule has 0 aliphatic carbocycles. The van der Waals surface area contributed by atoms with Gasteiger partial charge in [-0.15, -0.1) is 0 Å². The summed E-state index contributed by atoms with van der Waals surface area (Å²) in [6.45, 7) is 0. The van der Waals surface area contributed by atoms with Crippen molar-refractivity contribution < 1.29 is 9.13 Å². The topological polar surface area (TPSA) is 48.1 Å². The Morgan fingerprint density at radius 3 is 2.82 bits per heavy atom. The second kappa shape index (κ2) is 4.88. The molecule has 2 aromatic rings. The number of thiocarbonyl (C=S) groups is 1. The maximum Gasteiger partial charge on any atom is 0.229 e. The van der Waals surface area contributed by atoms with Crippen LogP contribution < -0.4 is 10.5 Å². The highest BCUT2D eigenvalue weighted by molar-refractivity contribution is 7.80. The van der Waals surface area contributed by atoms with Crippen molar-refractivity contribution in [1.29, 1.82) is 0 Å². The first-order valence-corrected chi connectivity index (χ1v) is 5.26. The monoisotopic (exact) mass is 248 g/mol. The molecule has 1 aromatic carbocycles. The van der Waals surface area contributed by atoms with Gasteiger partial charge in [-0.05, 0) is 24.3 Å². The Labute approximate surface area is 103 Å². The molecular weight excluding hydrogens is 239 g/mol. The van der Waals surface area contributed by atoms with Crippen LogP contribution in [0.4, 0.5) is 4.39 Å². The Morgan fingerprint density at radius 2 is 2.12 bits per heavy atom. The van der Waals surface area contributed by atoms with Gasteiger partial charge in [-0.2, -0.15) is 0 Å². The molecule has 5 heteroatoms. The Hall–Kier alpha value is -2.01. The third-order valence-electron chi connectivity index (χ3n) is 2.05. The number of ether oxygens (including phenoxy) is 1. The van der Waals surface area contributed by atoms with Crippen LogP contribution in [0, 0.1) is 5.82 Å². The Morgan fingerprint density at radius 1 is 1.29 bits per heavy atom.